The molecule has 0 aliphatic rings. The fraction of sp³-hybridized carbons (Fsp3) is 0.600. The molecule has 0 atom stereocenters. The normalized spacial score (nSPS) is 6.50. The van der Waals surface area contributed by atoms with Gasteiger partial charge < -0.3 is 10.6 Å². The number of rotatable bonds is 0. The molecule has 0 bridgehead atoms. The van der Waals surface area contributed by atoms with Crippen molar-refractivity contribution < 1.29 is 4.79 Å². The van der Waals surface area contributed by atoms with Gasteiger partial charge >= 0.3 is 6.03 Å². The Labute approximate surface area is 50.5 Å². The van der Waals surface area contributed by atoms with Crippen molar-refractivity contribution in [3.8, 4) is 0 Å². The molecule has 3 heteroatoms. The maximum Gasteiger partial charge on any atom is 0.314 e. The maximum absolute atomic E-state index is 9.85. The summed E-state index contributed by atoms with van der Waals surface area (Å²) in [5.41, 5.74) is 4.72. The monoisotopic (exact) mass is 117 g/mol. The van der Waals surface area contributed by atoms with Crippen LogP contribution in [0.2, 0.25) is 0 Å². The smallest absolute Gasteiger partial charge is 0.314 e. The van der Waals surface area contributed by atoms with E-state index in [0.717, 1.165) is 0 Å². The number of hydrogen-bond acceptors (Lipinski definition) is 1. The lowest BCUT2D eigenvalue weighted by molar-refractivity contribution is 0.227. The largest absolute Gasteiger partial charge is 0.352 e. The van der Waals surface area contributed by atoms with Crippen LogP contribution in [0.4, 0.5) is 4.79 Å². The van der Waals surface area contributed by atoms with Gasteiger partial charge in [-0.2, -0.15) is 0 Å². The first-order valence-electron chi connectivity index (χ1n) is 2.32. The quantitative estimate of drug-likeness (QED) is 0.492. The molecule has 0 rings (SSSR count). The van der Waals surface area contributed by atoms with Gasteiger partial charge in [-0.1, -0.05) is 13.8 Å². The van der Waals surface area contributed by atoms with Crippen LogP contribution in [0.3, 0.4) is 0 Å². The van der Waals surface area contributed by atoms with Crippen LogP contribution < -0.4 is 5.73 Å². The molecule has 0 aliphatic heterocycles. The fourth-order valence-corrected chi connectivity index (χ4v) is 0. The molecule has 0 saturated heterocycles. The van der Waals surface area contributed by atoms with E-state index in [9.17, 15) is 4.79 Å². The van der Waals surface area contributed by atoms with Gasteiger partial charge in [0.15, 0.2) is 0 Å². The van der Waals surface area contributed by atoms with Crippen molar-refractivity contribution in [1.29, 1.82) is 0 Å². The van der Waals surface area contributed by atoms with E-state index in [1.165, 1.54) is 4.90 Å². The van der Waals surface area contributed by atoms with Gasteiger partial charge in [0.05, 0.1) is 0 Å². The third-order valence-corrected chi connectivity index (χ3v) is 0.441. The standard InChI is InChI=1S/C3H8N2O.C2H5/c1-5(2)3(4)6;1-2/h1-2H3,(H2,4,6);1H2,2H3. The van der Waals surface area contributed by atoms with Gasteiger partial charge in [-0.05, 0) is 0 Å². The summed E-state index contributed by atoms with van der Waals surface area (Å²) >= 11 is 0. The zero-order valence-corrected chi connectivity index (χ0v) is 5.64. The van der Waals surface area contributed by atoms with Crippen LogP contribution in [0.5, 0.6) is 0 Å². The van der Waals surface area contributed by atoms with Crippen molar-refractivity contribution in [3.63, 3.8) is 0 Å². The van der Waals surface area contributed by atoms with Crippen molar-refractivity contribution in [3.05, 3.63) is 6.92 Å². The zero-order valence-electron chi connectivity index (χ0n) is 5.64. The summed E-state index contributed by atoms with van der Waals surface area (Å²) < 4.78 is 0. The summed E-state index contributed by atoms with van der Waals surface area (Å²) in [6.45, 7) is 5.00. The van der Waals surface area contributed by atoms with Gasteiger partial charge in [0.2, 0.25) is 0 Å². The molecule has 0 aliphatic carbocycles. The molecule has 1 radical (unpaired) electrons. The molecule has 0 aromatic heterocycles. The van der Waals surface area contributed by atoms with Crippen LogP contribution >= 0.6 is 0 Å². The fourth-order valence-electron chi connectivity index (χ4n) is 0. The van der Waals surface area contributed by atoms with E-state index in [0.29, 0.717) is 0 Å². The second-order valence-electron chi connectivity index (χ2n) is 1.23. The van der Waals surface area contributed by atoms with E-state index in [2.05, 4.69) is 6.92 Å². The number of carbonyl (C=O) groups is 1. The molecule has 0 aromatic carbocycles. The molecule has 0 aromatic rings. The number of nitrogens with two attached hydrogens (primary N) is 1. The van der Waals surface area contributed by atoms with E-state index in [4.69, 9.17) is 5.73 Å². The third kappa shape index (κ3) is 8.99. The van der Waals surface area contributed by atoms with E-state index >= 15 is 0 Å². The molecule has 0 heterocycles. The second-order valence-corrected chi connectivity index (χ2v) is 1.23. The highest BCUT2D eigenvalue weighted by Crippen LogP contribution is 1.65. The first-order valence-corrected chi connectivity index (χ1v) is 2.32. The van der Waals surface area contributed by atoms with Crippen molar-refractivity contribution in [1.82, 2.24) is 4.90 Å². The summed E-state index contributed by atoms with van der Waals surface area (Å²) in [5.74, 6) is 0. The topological polar surface area (TPSA) is 46.3 Å². The Balaban J connectivity index is 0. The van der Waals surface area contributed by atoms with Crippen LogP contribution in [0.15, 0.2) is 0 Å². The van der Waals surface area contributed by atoms with Gasteiger partial charge in [0.25, 0.3) is 0 Å². The van der Waals surface area contributed by atoms with E-state index < -0.39 is 6.03 Å². The zero-order chi connectivity index (χ0) is 7.15. The molecule has 0 spiro atoms. The van der Waals surface area contributed by atoms with Crippen LogP contribution in [0, 0.1) is 6.92 Å². The average Bonchev–Trinajstić information content (AvgIpc) is 1.72. The van der Waals surface area contributed by atoms with Gasteiger partial charge in [-0.3, -0.25) is 0 Å². The summed E-state index contributed by atoms with van der Waals surface area (Å²) in [5, 5.41) is 0. The number of urea groups is 1. The third-order valence-electron chi connectivity index (χ3n) is 0.441. The predicted octanol–water partition coefficient (Wildman–Crippen LogP) is 0.467. The summed E-state index contributed by atoms with van der Waals surface area (Å²) in [6, 6.07) is -0.407. The molecular formula is C5H13N2O. The number of carbonyl (C=O) groups excluding carboxylic acids is 1. The molecule has 0 unspecified atom stereocenters. The van der Waals surface area contributed by atoms with Crippen molar-refractivity contribution in [2.24, 2.45) is 5.73 Å². The molecule has 2 amide bonds. The molecule has 0 saturated carbocycles. The Hall–Kier alpha value is -0.730. The van der Waals surface area contributed by atoms with Crippen LogP contribution in [0.25, 0.3) is 0 Å². The van der Waals surface area contributed by atoms with E-state index in [-0.39, 0.29) is 0 Å². The minimum atomic E-state index is -0.407. The molecule has 0 fully saturated rings. The number of hydrogen-bond donors (Lipinski definition) is 1. The van der Waals surface area contributed by atoms with Crippen molar-refractivity contribution >= 4 is 6.03 Å². The Morgan fingerprint density at radius 2 is 1.62 bits per heavy atom. The summed E-state index contributed by atoms with van der Waals surface area (Å²) in [7, 11) is 3.20. The van der Waals surface area contributed by atoms with Crippen LogP contribution in [-0.2, 0) is 0 Å². The van der Waals surface area contributed by atoms with E-state index in [1.54, 1.807) is 21.0 Å². The summed E-state index contributed by atoms with van der Waals surface area (Å²) in [4.78, 5) is 11.2. The lowest BCUT2D eigenvalue weighted by Gasteiger charge is -2.01. The minimum Gasteiger partial charge on any atom is -0.352 e. The molecular weight excluding hydrogens is 104 g/mol. The number of primary amides is 1. The molecule has 49 valence electrons. The highest BCUT2D eigenvalue weighted by atomic mass is 16.2. The lowest BCUT2D eigenvalue weighted by atomic mass is 10.9. The second kappa shape index (κ2) is 6.27. The van der Waals surface area contributed by atoms with Crippen molar-refractivity contribution in [2.75, 3.05) is 14.1 Å². The number of amides is 2. The first-order chi connectivity index (χ1) is 3.64. The van der Waals surface area contributed by atoms with Gasteiger partial charge in [-0.25, -0.2) is 4.79 Å². The minimum absolute atomic E-state index is 0.407. The lowest BCUT2D eigenvalue weighted by Crippen LogP contribution is -2.27. The maximum atomic E-state index is 9.85. The van der Waals surface area contributed by atoms with Crippen LogP contribution in [-0.4, -0.2) is 25.0 Å². The predicted molar refractivity (Wildman–Crippen MR) is 34.3 cm³/mol. The SMILES string of the molecule is CN(C)C(N)=O.[CH2]C. The Morgan fingerprint density at radius 1 is 1.50 bits per heavy atom. The Kier molecular flexibility index (Phi) is 8.07. The summed E-state index contributed by atoms with van der Waals surface area (Å²) in [6.07, 6.45) is 0. The highest BCUT2D eigenvalue weighted by molar-refractivity contribution is 5.71. The molecule has 8 heavy (non-hydrogen) atoms. The van der Waals surface area contributed by atoms with Gasteiger partial charge in [-0.15, -0.1) is 0 Å². The number of nitrogens with zero attached hydrogens (tertiary/aromatic N) is 1. The molecule has 3 nitrogen and oxygen atoms in total. The first kappa shape index (κ1) is 10.3. The van der Waals surface area contributed by atoms with Crippen molar-refractivity contribution in [2.45, 2.75) is 6.92 Å². The van der Waals surface area contributed by atoms with Crippen LogP contribution in [0.1, 0.15) is 6.92 Å². The van der Waals surface area contributed by atoms with Gasteiger partial charge in [0.1, 0.15) is 0 Å². The highest BCUT2D eigenvalue weighted by Gasteiger charge is 1.88. The van der Waals surface area contributed by atoms with E-state index in [1.807, 2.05) is 0 Å². The Morgan fingerprint density at radius 3 is 1.62 bits per heavy atom. The molecule has 2 N–H and O–H groups in total. The van der Waals surface area contributed by atoms with Gasteiger partial charge in [0, 0.05) is 14.1 Å². The average molecular weight is 117 g/mol. The Bertz CT molecular complexity index is 61.4.